The van der Waals surface area contributed by atoms with Gasteiger partial charge in [-0.15, -0.1) is 0 Å². The molecule has 0 spiro atoms. The predicted octanol–water partition coefficient (Wildman–Crippen LogP) is 2.01. The number of carbonyl (C=O) groups is 1. The van der Waals surface area contributed by atoms with Crippen LogP contribution in [0.5, 0.6) is 17.2 Å². The summed E-state index contributed by atoms with van der Waals surface area (Å²) in [6, 6.07) is 12.0. The van der Waals surface area contributed by atoms with Crippen molar-refractivity contribution in [2.45, 2.75) is 12.8 Å². The number of ether oxygens (including phenoxy) is 1. The van der Waals surface area contributed by atoms with Gasteiger partial charge in [0.05, 0.1) is 13.5 Å². The average Bonchev–Trinajstić information content (AvgIpc) is 2.51. The Kier molecular flexibility index (Phi) is 5.25. The van der Waals surface area contributed by atoms with Gasteiger partial charge in [0.2, 0.25) is 5.91 Å². The highest BCUT2D eigenvalue weighted by Crippen LogP contribution is 2.24. The summed E-state index contributed by atoms with van der Waals surface area (Å²) in [5.41, 5.74) is 1.76. The van der Waals surface area contributed by atoms with E-state index in [1.165, 1.54) is 12.1 Å². The summed E-state index contributed by atoms with van der Waals surface area (Å²) in [4.78, 5) is 11.8. The number of methoxy groups -OCH3 is 1. The van der Waals surface area contributed by atoms with E-state index in [1.807, 2.05) is 24.3 Å². The highest BCUT2D eigenvalue weighted by molar-refractivity contribution is 5.78. The molecule has 0 aromatic heterocycles. The Hall–Kier alpha value is -2.69. The molecule has 0 atom stereocenters. The lowest BCUT2D eigenvalue weighted by Crippen LogP contribution is -2.27. The minimum atomic E-state index is -0.151. The summed E-state index contributed by atoms with van der Waals surface area (Å²) in [6.45, 7) is 0.471. The molecule has 5 nitrogen and oxygen atoms in total. The van der Waals surface area contributed by atoms with E-state index in [4.69, 9.17) is 4.74 Å². The molecule has 0 saturated heterocycles. The van der Waals surface area contributed by atoms with Crippen LogP contribution in [0.1, 0.15) is 11.1 Å². The molecule has 2 aromatic rings. The van der Waals surface area contributed by atoms with Crippen LogP contribution in [0.3, 0.4) is 0 Å². The van der Waals surface area contributed by atoms with Crippen molar-refractivity contribution in [3.8, 4) is 17.2 Å². The van der Waals surface area contributed by atoms with Crippen molar-refractivity contribution in [1.29, 1.82) is 0 Å². The molecule has 1 amide bonds. The standard InChI is InChI=1S/C17H19NO4/c1-22-14-5-2-12(3-6-14)11-17(21)18-9-8-13-4-7-15(19)16(20)10-13/h2-7,10,19-20H,8-9,11H2,1H3,(H,18,21). The molecule has 0 aliphatic rings. The summed E-state index contributed by atoms with van der Waals surface area (Å²) in [6.07, 6.45) is 0.896. The number of phenols is 2. The van der Waals surface area contributed by atoms with E-state index < -0.39 is 0 Å². The van der Waals surface area contributed by atoms with Crippen LogP contribution in [0, 0.1) is 0 Å². The Balaban J connectivity index is 1.78. The molecule has 116 valence electrons. The summed E-state index contributed by atoms with van der Waals surface area (Å²) >= 11 is 0. The van der Waals surface area contributed by atoms with E-state index in [9.17, 15) is 15.0 Å². The van der Waals surface area contributed by atoms with Gasteiger partial charge >= 0.3 is 0 Å². The molecular formula is C17H19NO4. The van der Waals surface area contributed by atoms with Gasteiger partial charge < -0.3 is 20.3 Å². The molecule has 0 fully saturated rings. The number of benzene rings is 2. The van der Waals surface area contributed by atoms with Crippen LogP contribution in [0.15, 0.2) is 42.5 Å². The molecule has 2 aromatic carbocycles. The van der Waals surface area contributed by atoms with Crippen LogP contribution < -0.4 is 10.1 Å². The number of amides is 1. The molecule has 0 saturated carbocycles. The van der Waals surface area contributed by atoms with E-state index in [-0.39, 0.29) is 17.4 Å². The van der Waals surface area contributed by atoms with Crippen molar-refractivity contribution in [3.05, 3.63) is 53.6 Å². The van der Waals surface area contributed by atoms with Crippen LogP contribution >= 0.6 is 0 Å². The van der Waals surface area contributed by atoms with Crippen LogP contribution in [-0.4, -0.2) is 29.8 Å². The van der Waals surface area contributed by atoms with Crippen LogP contribution in [0.2, 0.25) is 0 Å². The fourth-order valence-corrected chi connectivity index (χ4v) is 2.06. The van der Waals surface area contributed by atoms with Gasteiger partial charge in [-0.2, -0.15) is 0 Å². The summed E-state index contributed by atoms with van der Waals surface area (Å²) in [5, 5.41) is 21.5. The zero-order valence-corrected chi connectivity index (χ0v) is 12.4. The molecule has 0 heterocycles. The third-order valence-corrected chi connectivity index (χ3v) is 3.30. The highest BCUT2D eigenvalue weighted by Gasteiger charge is 2.05. The van der Waals surface area contributed by atoms with Crippen LogP contribution in [0.4, 0.5) is 0 Å². The van der Waals surface area contributed by atoms with Gasteiger partial charge in [-0.3, -0.25) is 4.79 Å². The van der Waals surface area contributed by atoms with Gasteiger partial charge in [0, 0.05) is 6.54 Å². The van der Waals surface area contributed by atoms with E-state index in [0.29, 0.717) is 19.4 Å². The third kappa shape index (κ3) is 4.41. The Morgan fingerprint density at radius 2 is 1.73 bits per heavy atom. The minimum absolute atomic E-state index is 0.0619. The SMILES string of the molecule is COc1ccc(CC(=O)NCCc2ccc(O)c(O)c2)cc1. The second-order valence-corrected chi connectivity index (χ2v) is 4.95. The molecule has 0 aliphatic heterocycles. The fraction of sp³-hybridized carbons (Fsp3) is 0.235. The lowest BCUT2D eigenvalue weighted by molar-refractivity contribution is -0.120. The molecule has 0 aliphatic carbocycles. The van der Waals surface area contributed by atoms with Gasteiger partial charge in [-0.05, 0) is 41.8 Å². The minimum Gasteiger partial charge on any atom is -0.504 e. The van der Waals surface area contributed by atoms with Gasteiger partial charge in [0.15, 0.2) is 11.5 Å². The first-order valence-corrected chi connectivity index (χ1v) is 6.99. The Morgan fingerprint density at radius 1 is 1.05 bits per heavy atom. The van der Waals surface area contributed by atoms with Crippen molar-refractivity contribution in [2.24, 2.45) is 0 Å². The van der Waals surface area contributed by atoms with Crippen molar-refractivity contribution in [1.82, 2.24) is 5.32 Å². The predicted molar refractivity (Wildman–Crippen MR) is 83.2 cm³/mol. The summed E-state index contributed by atoms with van der Waals surface area (Å²) in [5.74, 6) is 0.402. The van der Waals surface area contributed by atoms with Gasteiger partial charge in [-0.1, -0.05) is 18.2 Å². The van der Waals surface area contributed by atoms with Gasteiger partial charge in [0.1, 0.15) is 5.75 Å². The number of hydrogen-bond acceptors (Lipinski definition) is 4. The first-order chi connectivity index (χ1) is 10.6. The van der Waals surface area contributed by atoms with Gasteiger partial charge in [0.25, 0.3) is 0 Å². The molecule has 3 N–H and O–H groups in total. The van der Waals surface area contributed by atoms with Crippen LogP contribution in [-0.2, 0) is 17.6 Å². The number of aromatic hydroxyl groups is 2. The lowest BCUT2D eigenvalue weighted by atomic mass is 10.1. The Labute approximate surface area is 129 Å². The zero-order valence-electron chi connectivity index (χ0n) is 12.4. The number of rotatable bonds is 6. The second-order valence-electron chi connectivity index (χ2n) is 4.95. The molecule has 0 unspecified atom stereocenters. The maximum absolute atomic E-state index is 11.8. The first-order valence-electron chi connectivity index (χ1n) is 6.99. The summed E-state index contributed by atoms with van der Waals surface area (Å²) in [7, 11) is 1.60. The Bertz CT molecular complexity index is 638. The topological polar surface area (TPSA) is 78.8 Å². The van der Waals surface area contributed by atoms with Crippen molar-refractivity contribution < 1.29 is 19.7 Å². The van der Waals surface area contributed by atoms with Crippen LogP contribution in [0.25, 0.3) is 0 Å². The van der Waals surface area contributed by atoms with E-state index >= 15 is 0 Å². The quantitative estimate of drug-likeness (QED) is 0.713. The number of nitrogens with one attached hydrogen (secondary N) is 1. The molecule has 5 heteroatoms. The van der Waals surface area contributed by atoms with Crippen molar-refractivity contribution >= 4 is 5.91 Å². The number of carbonyl (C=O) groups excluding carboxylic acids is 1. The fourth-order valence-electron chi connectivity index (χ4n) is 2.06. The smallest absolute Gasteiger partial charge is 0.224 e. The summed E-state index contributed by atoms with van der Waals surface area (Å²) < 4.78 is 5.07. The van der Waals surface area contributed by atoms with E-state index in [0.717, 1.165) is 16.9 Å². The van der Waals surface area contributed by atoms with E-state index in [2.05, 4.69) is 5.32 Å². The van der Waals surface area contributed by atoms with Crippen molar-refractivity contribution in [3.63, 3.8) is 0 Å². The molecular weight excluding hydrogens is 282 g/mol. The van der Waals surface area contributed by atoms with E-state index in [1.54, 1.807) is 13.2 Å². The monoisotopic (exact) mass is 301 g/mol. The average molecular weight is 301 g/mol. The third-order valence-electron chi connectivity index (χ3n) is 3.30. The second kappa shape index (κ2) is 7.36. The molecule has 22 heavy (non-hydrogen) atoms. The Morgan fingerprint density at radius 3 is 2.36 bits per heavy atom. The number of hydrogen-bond donors (Lipinski definition) is 3. The molecule has 0 radical (unpaired) electrons. The molecule has 0 bridgehead atoms. The lowest BCUT2D eigenvalue weighted by Gasteiger charge is -2.07. The normalized spacial score (nSPS) is 10.2. The van der Waals surface area contributed by atoms with Crippen molar-refractivity contribution in [2.75, 3.05) is 13.7 Å². The molecule has 2 rings (SSSR count). The number of phenolic OH excluding ortho intramolecular Hbond substituents is 2. The largest absolute Gasteiger partial charge is 0.504 e. The van der Waals surface area contributed by atoms with Gasteiger partial charge in [-0.25, -0.2) is 0 Å². The maximum Gasteiger partial charge on any atom is 0.224 e. The zero-order chi connectivity index (χ0) is 15.9. The highest BCUT2D eigenvalue weighted by atomic mass is 16.5. The first kappa shape index (κ1) is 15.7. The maximum atomic E-state index is 11.8.